The molecule has 0 spiro atoms. The van der Waals surface area contributed by atoms with Crippen molar-refractivity contribution in [3.63, 3.8) is 0 Å². The van der Waals surface area contributed by atoms with Crippen LogP contribution in [0.3, 0.4) is 0 Å². The number of allylic oxidation sites excluding steroid dienone is 6. The van der Waals surface area contributed by atoms with Crippen molar-refractivity contribution in [1.29, 1.82) is 0 Å². The van der Waals surface area contributed by atoms with E-state index in [9.17, 15) is 28.8 Å². The van der Waals surface area contributed by atoms with Crippen molar-refractivity contribution in [3.8, 4) is 0 Å². The van der Waals surface area contributed by atoms with Gasteiger partial charge in [0.25, 0.3) is 0 Å². The average molecular weight is 678 g/mol. The number of nitrogens with one attached hydrogen (secondary N) is 1. The number of aliphatic carboxylic acids is 1. The van der Waals surface area contributed by atoms with Crippen molar-refractivity contribution < 1.29 is 33.9 Å². The molecule has 0 amide bonds. The van der Waals surface area contributed by atoms with Gasteiger partial charge in [-0.3, -0.25) is 28.8 Å². The van der Waals surface area contributed by atoms with Gasteiger partial charge in [0.1, 0.15) is 10.7 Å². The summed E-state index contributed by atoms with van der Waals surface area (Å²) in [5, 5.41) is 11.7. The number of rotatable bonds is 14. The molecule has 9 heteroatoms. The van der Waals surface area contributed by atoms with Crippen LogP contribution < -0.4 is 5.32 Å². The number of fused-ring (bicyclic) bond motifs is 1. The molecule has 0 bridgehead atoms. The summed E-state index contributed by atoms with van der Waals surface area (Å²) >= 11 is 6.26. The van der Waals surface area contributed by atoms with Crippen molar-refractivity contribution in [2.24, 2.45) is 0 Å². The summed E-state index contributed by atoms with van der Waals surface area (Å²) in [5.74, 6) is -2.69. The fourth-order valence-corrected chi connectivity index (χ4v) is 6.67. The Bertz CT molecular complexity index is 1950. The Morgan fingerprint density at radius 2 is 1.35 bits per heavy atom. The number of carbonyl (C=O) groups is 6. The minimum Gasteiger partial charge on any atom is -0.481 e. The van der Waals surface area contributed by atoms with Gasteiger partial charge in [0, 0.05) is 63.4 Å². The van der Waals surface area contributed by atoms with E-state index in [1.54, 1.807) is 62.4 Å². The molecule has 8 nitrogen and oxygen atoms in total. The Labute approximate surface area is 289 Å². The molecule has 0 heterocycles. The molecule has 1 atom stereocenters. The van der Waals surface area contributed by atoms with Gasteiger partial charge in [-0.2, -0.15) is 0 Å². The lowest BCUT2D eigenvalue weighted by atomic mass is 9.74. The van der Waals surface area contributed by atoms with Gasteiger partial charge in [0.15, 0.2) is 17.3 Å². The third kappa shape index (κ3) is 7.60. The summed E-state index contributed by atoms with van der Waals surface area (Å²) in [6, 6.07) is 22.4. The van der Waals surface area contributed by atoms with Crippen LogP contribution in [0.5, 0.6) is 0 Å². The van der Waals surface area contributed by atoms with E-state index >= 15 is 0 Å². The monoisotopic (exact) mass is 677 g/mol. The molecule has 0 aliphatic heterocycles. The van der Waals surface area contributed by atoms with E-state index in [2.05, 4.69) is 5.32 Å². The summed E-state index contributed by atoms with van der Waals surface area (Å²) in [5.41, 5.74) is 3.72. The van der Waals surface area contributed by atoms with Gasteiger partial charge in [-0.25, -0.2) is 0 Å². The van der Waals surface area contributed by atoms with Crippen LogP contribution >= 0.6 is 11.6 Å². The topological polar surface area (TPSA) is 135 Å². The number of hydrogen-bond acceptors (Lipinski definition) is 7. The van der Waals surface area contributed by atoms with Gasteiger partial charge in [0.2, 0.25) is 11.6 Å². The highest BCUT2D eigenvalue weighted by molar-refractivity contribution is 6.50. The Morgan fingerprint density at radius 3 is 2.00 bits per heavy atom. The first-order valence-electron chi connectivity index (χ1n) is 16.2. The molecular weight excluding hydrogens is 642 g/mol. The molecule has 2 aliphatic rings. The predicted molar refractivity (Wildman–Crippen MR) is 187 cm³/mol. The molecule has 0 saturated carbocycles. The van der Waals surface area contributed by atoms with Crippen molar-refractivity contribution in [1.82, 2.24) is 0 Å². The maximum atomic E-state index is 13.8. The molecule has 3 aromatic rings. The van der Waals surface area contributed by atoms with Crippen molar-refractivity contribution >= 4 is 52.2 Å². The summed E-state index contributed by atoms with van der Waals surface area (Å²) < 4.78 is 0. The molecule has 2 N–H and O–H groups in total. The lowest BCUT2D eigenvalue weighted by molar-refractivity contribution is -0.137. The highest BCUT2D eigenvalue weighted by Gasteiger charge is 2.35. The maximum Gasteiger partial charge on any atom is 0.303 e. The van der Waals surface area contributed by atoms with E-state index in [0.29, 0.717) is 59.2 Å². The Kier molecular flexibility index (Phi) is 11.0. The van der Waals surface area contributed by atoms with E-state index in [1.807, 2.05) is 30.3 Å². The number of unbranched alkanes of at least 4 members (excludes halogenated alkanes) is 2. The summed E-state index contributed by atoms with van der Waals surface area (Å²) in [6.07, 6.45) is 2.74. The van der Waals surface area contributed by atoms with E-state index in [-0.39, 0.29) is 64.4 Å². The molecule has 0 radical (unpaired) electrons. The summed E-state index contributed by atoms with van der Waals surface area (Å²) in [4.78, 5) is 77.4. The van der Waals surface area contributed by atoms with Crippen LogP contribution in [0.25, 0.3) is 0 Å². The van der Waals surface area contributed by atoms with E-state index in [4.69, 9.17) is 16.7 Å². The zero-order chi connectivity index (χ0) is 35.2. The Morgan fingerprint density at radius 1 is 0.714 bits per heavy atom. The zero-order valence-corrected chi connectivity index (χ0v) is 28.1. The van der Waals surface area contributed by atoms with Gasteiger partial charge < -0.3 is 10.4 Å². The molecule has 2 aliphatic carbocycles. The first kappa shape index (κ1) is 35.1. The SMILES string of the molecule is CC1=C(CCC(=O)c2ccc(NC3=C(Cl)C(=O)c4ccccc4C3=O)cc2)C(=O)C(C)=C(C(CCCCCC(=O)O)c2ccccc2)C1=O. The highest BCUT2D eigenvalue weighted by Crippen LogP contribution is 2.39. The van der Waals surface area contributed by atoms with Crippen molar-refractivity contribution in [2.45, 2.75) is 64.7 Å². The number of carbonyl (C=O) groups excluding carboxylic acids is 5. The lowest BCUT2D eigenvalue weighted by Gasteiger charge is -2.27. The number of ketones is 5. The van der Waals surface area contributed by atoms with Gasteiger partial charge in [0.05, 0.1) is 0 Å². The van der Waals surface area contributed by atoms with Gasteiger partial charge in [-0.15, -0.1) is 0 Å². The quantitative estimate of drug-likeness (QED) is 0.0991. The highest BCUT2D eigenvalue weighted by atomic mass is 35.5. The molecule has 1 unspecified atom stereocenters. The molecule has 49 heavy (non-hydrogen) atoms. The number of halogens is 1. The number of benzene rings is 3. The average Bonchev–Trinajstić information content (AvgIpc) is 3.11. The molecule has 0 aromatic heterocycles. The van der Waals surface area contributed by atoms with E-state index in [0.717, 1.165) is 5.56 Å². The molecule has 0 fully saturated rings. The fraction of sp³-hybridized carbons (Fsp3) is 0.250. The second-order valence-corrected chi connectivity index (χ2v) is 12.7. The van der Waals surface area contributed by atoms with Gasteiger partial charge in [-0.1, -0.05) is 79.0 Å². The number of hydrogen-bond donors (Lipinski definition) is 2. The molecule has 0 saturated heterocycles. The van der Waals surface area contributed by atoms with Crippen molar-refractivity contribution in [3.05, 3.63) is 134 Å². The molecule has 3 aromatic carbocycles. The van der Waals surface area contributed by atoms with E-state index in [1.165, 1.54) is 0 Å². The third-order valence-electron chi connectivity index (χ3n) is 9.13. The third-order valence-corrected chi connectivity index (χ3v) is 9.49. The summed E-state index contributed by atoms with van der Waals surface area (Å²) in [6.45, 7) is 3.30. The summed E-state index contributed by atoms with van der Waals surface area (Å²) in [7, 11) is 0. The standard InChI is InChI=1S/C40H36ClNO7/c1-23-28(37(46)24(2)34(38(23)47)29(25-11-5-3-6-12-25)13-7-4-8-16-33(44)45)21-22-32(43)26-17-19-27(20-18-26)42-36-35(41)39(48)30-14-9-10-15-31(30)40(36)49/h3,5-6,9-12,14-15,17-20,29,42H,4,7-8,13,16,21-22H2,1-2H3,(H,44,45). The Hall–Kier alpha value is -5.21. The second-order valence-electron chi connectivity index (χ2n) is 12.3. The first-order valence-corrected chi connectivity index (χ1v) is 16.6. The smallest absolute Gasteiger partial charge is 0.303 e. The van der Waals surface area contributed by atoms with Crippen LogP contribution in [0.2, 0.25) is 0 Å². The molecule has 5 rings (SSSR count). The zero-order valence-electron chi connectivity index (χ0n) is 27.3. The van der Waals surface area contributed by atoms with Gasteiger partial charge >= 0.3 is 5.97 Å². The van der Waals surface area contributed by atoms with E-state index < -0.39 is 17.5 Å². The maximum absolute atomic E-state index is 13.8. The fourth-order valence-electron chi connectivity index (χ4n) is 6.44. The number of carboxylic acid groups (broad SMARTS) is 1. The number of carboxylic acids is 1. The lowest BCUT2D eigenvalue weighted by Crippen LogP contribution is -2.26. The van der Waals surface area contributed by atoms with Gasteiger partial charge in [-0.05, 0) is 62.9 Å². The van der Waals surface area contributed by atoms with Crippen LogP contribution in [0.1, 0.15) is 101 Å². The largest absolute Gasteiger partial charge is 0.481 e. The van der Waals surface area contributed by atoms with Crippen LogP contribution in [0.4, 0.5) is 5.69 Å². The normalized spacial score (nSPS) is 15.5. The van der Waals surface area contributed by atoms with Crippen LogP contribution in [-0.4, -0.2) is 40.0 Å². The van der Waals surface area contributed by atoms with Crippen LogP contribution in [-0.2, 0) is 14.4 Å². The first-order chi connectivity index (χ1) is 23.5. The predicted octanol–water partition coefficient (Wildman–Crippen LogP) is 8.19. The molecule has 250 valence electrons. The second kappa shape index (κ2) is 15.3. The Balaban J connectivity index is 1.26. The van der Waals surface area contributed by atoms with Crippen LogP contribution in [0.15, 0.2) is 112 Å². The van der Waals surface area contributed by atoms with Crippen LogP contribution in [0, 0.1) is 0 Å². The minimum absolute atomic E-state index is 0.00747. The van der Waals surface area contributed by atoms with Crippen molar-refractivity contribution in [2.75, 3.05) is 5.32 Å². The number of Topliss-reactive ketones (excluding diaryl/α,β-unsaturated/α-hetero) is 5. The minimum atomic E-state index is -0.840. The molecular formula is C40H36ClNO7. The number of anilines is 1.